The molecular weight excluding hydrogens is 266 g/mol. The SMILES string of the molecule is CS(=O)(=O)CCNS(=O)(=O)c1cccnc1N. The van der Waals surface area contributed by atoms with Gasteiger partial charge in [-0.25, -0.2) is 26.5 Å². The third-order valence-corrected chi connectivity index (χ3v) is 4.31. The minimum absolute atomic E-state index is 0.126. The fraction of sp³-hybridized carbons (Fsp3) is 0.375. The highest BCUT2D eigenvalue weighted by atomic mass is 32.2. The second kappa shape index (κ2) is 4.98. The molecule has 0 spiro atoms. The zero-order chi connectivity index (χ0) is 13.1. The molecule has 96 valence electrons. The average molecular weight is 279 g/mol. The number of sulfonamides is 1. The van der Waals surface area contributed by atoms with Crippen LogP contribution < -0.4 is 10.5 Å². The molecule has 0 saturated carbocycles. The van der Waals surface area contributed by atoms with Crippen molar-refractivity contribution in [1.82, 2.24) is 9.71 Å². The molecular formula is C8H13N3O4S2. The molecule has 0 aliphatic carbocycles. The van der Waals surface area contributed by atoms with Gasteiger partial charge in [0.25, 0.3) is 0 Å². The van der Waals surface area contributed by atoms with Crippen LogP contribution in [0.4, 0.5) is 5.82 Å². The van der Waals surface area contributed by atoms with E-state index in [0.29, 0.717) is 0 Å². The van der Waals surface area contributed by atoms with Gasteiger partial charge in [0.15, 0.2) is 0 Å². The van der Waals surface area contributed by atoms with E-state index in [1.54, 1.807) is 0 Å². The maximum absolute atomic E-state index is 11.7. The highest BCUT2D eigenvalue weighted by molar-refractivity contribution is 7.91. The van der Waals surface area contributed by atoms with Crippen molar-refractivity contribution in [2.45, 2.75) is 4.90 Å². The zero-order valence-corrected chi connectivity index (χ0v) is 10.8. The smallest absolute Gasteiger partial charge is 0.244 e. The summed E-state index contributed by atoms with van der Waals surface area (Å²) in [6.45, 7) is -0.199. The van der Waals surface area contributed by atoms with Crippen molar-refractivity contribution in [3.63, 3.8) is 0 Å². The molecule has 3 N–H and O–H groups in total. The van der Waals surface area contributed by atoms with E-state index >= 15 is 0 Å². The highest BCUT2D eigenvalue weighted by Crippen LogP contribution is 2.13. The molecule has 7 nitrogen and oxygen atoms in total. The largest absolute Gasteiger partial charge is 0.383 e. The van der Waals surface area contributed by atoms with Crippen molar-refractivity contribution >= 4 is 25.7 Å². The molecule has 0 fully saturated rings. The summed E-state index contributed by atoms with van der Waals surface area (Å²) in [6.07, 6.45) is 2.39. The maximum Gasteiger partial charge on any atom is 0.244 e. The van der Waals surface area contributed by atoms with Gasteiger partial charge in [0.1, 0.15) is 20.6 Å². The summed E-state index contributed by atoms with van der Waals surface area (Å²) in [5.41, 5.74) is 5.42. The number of hydrogen-bond donors (Lipinski definition) is 2. The number of sulfone groups is 1. The maximum atomic E-state index is 11.7. The quantitative estimate of drug-likeness (QED) is 0.712. The van der Waals surface area contributed by atoms with Gasteiger partial charge >= 0.3 is 0 Å². The molecule has 9 heteroatoms. The van der Waals surface area contributed by atoms with Crippen molar-refractivity contribution in [3.05, 3.63) is 18.3 Å². The van der Waals surface area contributed by atoms with Gasteiger partial charge in [-0.1, -0.05) is 0 Å². The number of pyridine rings is 1. The van der Waals surface area contributed by atoms with Gasteiger partial charge in [0.05, 0.1) is 5.75 Å². The van der Waals surface area contributed by atoms with Crippen LogP contribution in [0.1, 0.15) is 0 Å². The minimum atomic E-state index is -3.82. The molecule has 0 atom stereocenters. The number of hydrogen-bond acceptors (Lipinski definition) is 6. The third-order valence-electron chi connectivity index (χ3n) is 1.85. The van der Waals surface area contributed by atoms with Crippen LogP contribution in [0, 0.1) is 0 Å². The van der Waals surface area contributed by atoms with E-state index in [2.05, 4.69) is 9.71 Å². The lowest BCUT2D eigenvalue weighted by Gasteiger charge is -2.07. The summed E-state index contributed by atoms with van der Waals surface area (Å²) in [4.78, 5) is 3.48. The molecule has 0 saturated heterocycles. The highest BCUT2D eigenvalue weighted by Gasteiger charge is 2.17. The van der Waals surface area contributed by atoms with Crippen LogP contribution in [-0.2, 0) is 19.9 Å². The lowest BCUT2D eigenvalue weighted by Crippen LogP contribution is -2.29. The van der Waals surface area contributed by atoms with Gasteiger partial charge in [-0.2, -0.15) is 0 Å². The number of nitrogen functional groups attached to an aromatic ring is 1. The first kappa shape index (κ1) is 13.9. The molecule has 1 heterocycles. The monoisotopic (exact) mass is 279 g/mol. The minimum Gasteiger partial charge on any atom is -0.383 e. The van der Waals surface area contributed by atoms with E-state index in [1.165, 1.54) is 18.3 Å². The molecule has 1 aromatic heterocycles. The van der Waals surface area contributed by atoms with Crippen molar-refractivity contribution in [1.29, 1.82) is 0 Å². The van der Waals surface area contributed by atoms with Gasteiger partial charge in [-0.15, -0.1) is 0 Å². The van der Waals surface area contributed by atoms with E-state index in [1.807, 2.05) is 0 Å². The van der Waals surface area contributed by atoms with Crippen LogP contribution in [0.15, 0.2) is 23.2 Å². The Kier molecular flexibility index (Phi) is 4.07. The third kappa shape index (κ3) is 4.29. The van der Waals surface area contributed by atoms with E-state index in [-0.39, 0.29) is 23.0 Å². The second-order valence-corrected chi connectivity index (χ2v) is 7.41. The van der Waals surface area contributed by atoms with Crippen LogP contribution in [0.3, 0.4) is 0 Å². The normalized spacial score (nSPS) is 12.5. The fourth-order valence-electron chi connectivity index (χ4n) is 1.07. The van der Waals surface area contributed by atoms with Crippen LogP contribution >= 0.6 is 0 Å². The predicted octanol–water partition coefficient (Wildman–Crippen LogP) is -1.01. The van der Waals surface area contributed by atoms with Gasteiger partial charge in [-0.3, -0.25) is 0 Å². The zero-order valence-electron chi connectivity index (χ0n) is 9.12. The van der Waals surface area contributed by atoms with E-state index in [0.717, 1.165) is 6.26 Å². The number of anilines is 1. The summed E-state index contributed by atoms with van der Waals surface area (Å²) >= 11 is 0. The summed E-state index contributed by atoms with van der Waals surface area (Å²) in [5.74, 6) is -0.397. The molecule has 1 aromatic rings. The van der Waals surface area contributed by atoms with Crippen molar-refractivity contribution in [2.24, 2.45) is 0 Å². The van der Waals surface area contributed by atoms with E-state index in [9.17, 15) is 16.8 Å². The number of nitrogens with two attached hydrogens (primary N) is 1. The molecule has 0 aliphatic heterocycles. The van der Waals surface area contributed by atoms with Crippen molar-refractivity contribution < 1.29 is 16.8 Å². The van der Waals surface area contributed by atoms with E-state index in [4.69, 9.17) is 5.73 Å². The molecule has 0 aromatic carbocycles. The van der Waals surface area contributed by atoms with Crippen LogP contribution in [0.2, 0.25) is 0 Å². The summed E-state index contributed by atoms with van der Waals surface area (Å²) in [7, 11) is -7.03. The predicted molar refractivity (Wildman–Crippen MR) is 63.5 cm³/mol. The first-order valence-corrected chi connectivity index (χ1v) is 8.14. The molecule has 0 amide bonds. The number of nitrogens with zero attached hydrogens (tertiary/aromatic N) is 1. The second-order valence-electron chi connectivity index (χ2n) is 3.41. The molecule has 1 rings (SSSR count). The topological polar surface area (TPSA) is 119 Å². The summed E-state index contributed by atoms with van der Waals surface area (Å²) in [5, 5.41) is 0. The first-order valence-electron chi connectivity index (χ1n) is 4.60. The Morgan fingerprint density at radius 2 is 2.00 bits per heavy atom. The molecule has 0 bridgehead atoms. The lowest BCUT2D eigenvalue weighted by molar-refractivity contribution is 0.582. The van der Waals surface area contributed by atoms with Crippen LogP contribution in [-0.4, -0.2) is 40.4 Å². The summed E-state index contributed by atoms with van der Waals surface area (Å²) in [6, 6.07) is 2.73. The van der Waals surface area contributed by atoms with Crippen molar-refractivity contribution in [3.8, 4) is 0 Å². The number of nitrogens with one attached hydrogen (secondary N) is 1. The fourth-order valence-corrected chi connectivity index (χ4v) is 2.78. The Morgan fingerprint density at radius 1 is 1.35 bits per heavy atom. The van der Waals surface area contributed by atoms with Crippen LogP contribution in [0.25, 0.3) is 0 Å². The molecule has 0 unspecified atom stereocenters. The average Bonchev–Trinajstić information content (AvgIpc) is 2.15. The van der Waals surface area contributed by atoms with Gasteiger partial charge < -0.3 is 5.73 Å². The van der Waals surface area contributed by atoms with Gasteiger partial charge in [0, 0.05) is 19.0 Å². The van der Waals surface area contributed by atoms with Crippen molar-refractivity contribution in [2.75, 3.05) is 24.3 Å². The molecule has 0 aliphatic rings. The Hall–Kier alpha value is -1.19. The molecule has 0 radical (unpaired) electrons. The standard InChI is InChI=1S/C8H13N3O4S2/c1-16(12,13)6-5-11-17(14,15)7-3-2-4-10-8(7)9/h2-4,11H,5-6H2,1H3,(H2,9,10). The number of rotatable bonds is 5. The molecule has 17 heavy (non-hydrogen) atoms. The Morgan fingerprint density at radius 3 is 2.53 bits per heavy atom. The number of aromatic nitrogens is 1. The first-order chi connectivity index (χ1) is 7.72. The van der Waals surface area contributed by atoms with Gasteiger partial charge in [0.2, 0.25) is 10.0 Å². The Labute approximate surface area is 100 Å². The summed E-state index contributed by atoms with van der Waals surface area (Å²) < 4.78 is 47.3. The Bertz CT molecular complexity index is 595. The Balaban J connectivity index is 2.81. The van der Waals surface area contributed by atoms with Gasteiger partial charge in [-0.05, 0) is 12.1 Å². The van der Waals surface area contributed by atoms with E-state index < -0.39 is 19.9 Å². The lowest BCUT2D eigenvalue weighted by atomic mass is 10.5. The van der Waals surface area contributed by atoms with Crippen LogP contribution in [0.5, 0.6) is 0 Å².